The van der Waals surface area contributed by atoms with Crippen LogP contribution in [0.1, 0.15) is 39.0 Å². The number of carboxylic acids is 1. The van der Waals surface area contributed by atoms with Crippen molar-refractivity contribution < 1.29 is 14.7 Å². The maximum Gasteiger partial charge on any atom is 0.303 e. The fraction of sp³-hybridized carbons (Fsp3) is 0.800. The number of unbranched alkanes of at least 4 members (excludes halogenated alkanes) is 1. The Morgan fingerprint density at radius 1 is 1.33 bits per heavy atom. The molecule has 0 aliphatic carbocycles. The van der Waals surface area contributed by atoms with E-state index in [4.69, 9.17) is 10.8 Å². The fourth-order valence-corrected chi connectivity index (χ4v) is 1.08. The molecule has 0 rings (SSSR count). The average molecular weight is 216 g/mol. The highest BCUT2D eigenvalue weighted by atomic mass is 16.4. The van der Waals surface area contributed by atoms with Gasteiger partial charge in [0.1, 0.15) is 0 Å². The van der Waals surface area contributed by atoms with Crippen LogP contribution < -0.4 is 11.1 Å². The quantitative estimate of drug-likeness (QED) is 0.515. The molecular weight excluding hydrogens is 196 g/mol. The van der Waals surface area contributed by atoms with E-state index in [9.17, 15) is 9.59 Å². The molecule has 0 bridgehead atoms. The summed E-state index contributed by atoms with van der Waals surface area (Å²) in [7, 11) is 0. The minimum Gasteiger partial charge on any atom is -0.481 e. The smallest absolute Gasteiger partial charge is 0.303 e. The summed E-state index contributed by atoms with van der Waals surface area (Å²) in [4.78, 5) is 21.3. The number of nitrogens with one attached hydrogen (secondary N) is 1. The van der Waals surface area contributed by atoms with Crippen molar-refractivity contribution in [3.05, 3.63) is 0 Å². The second kappa shape index (κ2) is 8.23. The molecule has 1 amide bonds. The number of carbonyl (C=O) groups is 2. The van der Waals surface area contributed by atoms with Gasteiger partial charge in [0, 0.05) is 25.4 Å². The number of rotatable bonds is 8. The van der Waals surface area contributed by atoms with E-state index in [-0.39, 0.29) is 18.4 Å². The van der Waals surface area contributed by atoms with Crippen LogP contribution in [0.5, 0.6) is 0 Å². The van der Waals surface area contributed by atoms with Crippen molar-refractivity contribution in [3.63, 3.8) is 0 Å². The SMILES string of the molecule is CC(N)CCC(=O)NCCCCC(=O)O. The first kappa shape index (κ1) is 13.9. The first-order chi connectivity index (χ1) is 7.02. The van der Waals surface area contributed by atoms with E-state index in [1.807, 2.05) is 6.92 Å². The first-order valence-electron chi connectivity index (χ1n) is 5.26. The second-order valence-electron chi connectivity index (χ2n) is 3.72. The van der Waals surface area contributed by atoms with E-state index in [0.29, 0.717) is 32.2 Å². The Labute approximate surface area is 90.0 Å². The van der Waals surface area contributed by atoms with Crippen LogP contribution in [0.15, 0.2) is 0 Å². The Morgan fingerprint density at radius 2 is 2.00 bits per heavy atom. The highest BCUT2D eigenvalue weighted by molar-refractivity contribution is 5.75. The first-order valence-corrected chi connectivity index (χ1v) is 5.26. The number of amides is 1. The van der Waals surface area contributed by atoms with E-state index in [1.54, 1.807) is 0 Å². The molecule has 1 atom stereocenters. The molecule has 0 heterocycles. The van der Waals surface area contributed by atoms with E-state index < -0.39 is 5.97 Å². The van der Waals surface area contributed by atoms with Crippen LogP contribution in [0, 0.1) is 0 Å². The van der Waals surface area contributed by atoms with Crippen molar-refractivity contribution in [2.45, 2.75) is 45.1 Å². The van der Waals surface area contributed by atoms with Gasteiger partial charge in [-0.05, 0) is 26.2 Å². The van der Waals surface area contributed by atoms with E-state index >= 15 is 0 Å². The summed E-state index contributed by atoms with van der Waals surface area (Å²) in [6.45, 7) is 2.41. The number of hydrogen-bond donors (Lipinski definition) is 3. The zero-order valence-corrected chi connectivity index (χ0v) is 9.16. The predicted octanol–water partition coefficient (Wildman–Crippen LogP) is 0.485. The minimum atomic E-state index is -0.793. The molecule has 0 radical (unpaired) electrons. The molecule has 5 heteroatoms. The molecule has 5 nitrogen and oxygen atoms in total. The topological polar surface area (TPSA) is 92.4 Å². The minimum absolute atomic E-state index is 0.0115. The second-order valence-corrected chi connectivity index (χ2v) is 3.72. The monoisotopic (exact) mass is 216 g/mol. The summed E-state index contributed by atoms with van der Waals surface area (Å²) in [5.74, 6) is -0.805. The molecule has 88 valence electrons. The lowest BCUT2D eigenvalue weighted by Crippen LogP contribution is -2.26. The van der Waals surface area contributed by atoms with Crippen molar-refractivity contribution in [1.29, 1.82) is 0 Å². The Hall–Kier alpha value is -1.10. The van der Waals surface area contributed by atoms with Gasteiger partial charge in [-0.25, -0.2) is 0 Å². The summed E-state index contributed by atoms with van der Waals surface area (Å²) in [6.07, 6.45) is 2.59. The molecule has 0 aromatic rings. The molecule has 0 aliphatic rings. The zero-order chi connectivity index (χ0) is 11.7. The number of nitrogens with two attached hydrogens (primary N) is 1. The fourth-order valence-electron chi connectivity index (χ4n) is 1.08. The summed E-state index contributed by atoms with van der Waals surface area (Å²) < 4.78 is 0. The molecule has 0 aromatic heterocycles. The molecule has 0 aliphatic heterocycles. The highest BCUT2D eigenvalue weighted by Crippen LogP contribution is 1.95. The van der Waals surface area contributed by atoms with Crippen LogP contribution in [-0.2, 0) is 9.59 Å². The summed E-state index contributed by atoms with van der Waals surface area (Å²) >= 11 is 0. The van der Waals surface area contributed by atoms with Crippen LogP contribution in [0.3, 0.4) is 0 Å². The Morgan fingerprint density at radius 3 is 2.53 bits per heavy atom. The van der Waals surface area contributed by atoms with Gasteiger partial charge in [0.05, 0.1) is 0 Å². The molecule has 0 saturated carbocycles. The molecule has 4 N–H and O–H groups in total. The number of carboxylic acid groups (broad SMARTS) is 1. The largest absolute Gasteiger partial charge is 0.481 e. The summed E-state index contributed by atoms with van der Waals surface area (Å²) in [6, 6.07) is 0.0442. The Balaban J connectivity index is 3.28. The van der Waals surface area contributed by atoms with Gasteiger partial charge < -0.3 is 16.2 Å². The van der Waals surface area contributed by atoms with Crippen molar-refractivity contribution >= 4 is 11.9 Å². The molecule has 0 fully saturated rings. The van der Waals surface area contributed by atoms with Crippen LogP contribution >= 0.6 is 0 Å². The average Bonchev–Trinajstić information content (AvgIpc) is 2.13. The van der Waals surface area contributed by atoms with Crippen LogP contribution in [-0.4, -0.2) is 29.6 Å². The van der Waals surface area contributed by atoms with Crippen molar-refractivity contribution in [2.75, 3.05) is 6.54 Å². The van der Waals surface area contributed by atoms with Crippen molar-refractivity contribution in [2.24, 2.45) is 5.73 Å². The van der Waals surface area contributed by atoms with E-state index in [2.05, 4.69) is 5.32 Å². The van der Waals surface area contributed by atoms with Gasteiger partial charge in [-0.2, -0.15) is 0 Å². The van der Waals surface area contributed by atoms with Crippen molar-refractivity contribution in [3.8, 4) is 0 Å². The third-order valence-corrected chi connectivity index (χ3v) is 1.97. The Bertz CT molecular complexity index is 205. The lowest BCUT2D eigenvalue weighted by Gasteiger charge is -2.06. The van der Waals surface area contributed by atoms with Crippen molar-refractivity contribution in [1.82, 2.24) is 5.32 Å². The van der Waals surface area contributed by atoms with Crippen LogP contribution in [0.2, 0.25) is 0 Å². The third-order valence-electron chi connectivity index (χ3n) is 1.97. The normalized spacial score (nSPS) is 12.1. The Kier molecular flexibility index (Phi) is 7.62. The summed E-state index contributed by atoms with van der Waals surface area (Å²) in [5, 5.41) is 11.1. The van der Waals surface area contributed by atoms with Gasteiger partial charge in [0.2, 0.25) is 5.91 Å². The number of hydrogen-bond acceptors (Lipinski definition) is 3. The number of carbonyl (C=O) groups excluding carboxylic acids is 1. The van der Waals surface area contributed by atoms with Gasteiger partial charge >= 0.3 is 5.97 Å². The van der Waals surface area contributed by atoms with Gasteiger partial charge in [0.25, 0.3) is 0 Å². The molecule has 0 spiro atoms. The standard InChI is InChI=1S/C10H20N2O3/c1-8(11)5-6-9(13)12-7-3-2-4-10(14)15/h8H,2-7,11H2,1H3,(H,12,13)(H,14,15). The lowest BCUT2D eigenvalue weighted by molar-refractivity contribution is -0.137. The van der Waals surface area contributed by atoms with Crippen LogP contribution in [0.4, 0.5) is 0 Å². The van der Waals surface area contributed by atoms with E-state index in [1.165, 1.54) is 0 Å². The molecule has 0 aromatic carbocycles. The molecule has 1 unspecified atom stereocenters. The highest BCUT2D eigenvalue weighted by Gasteiger charge is 2.02. The number of aliphatic carboxylic acids is 1. The van der Waals surface area contributed by atoms with Gasteiger partial charge in [-0.1, -0.05) is 0 Å². The zero-order valence-electron chi connectivity index (χ0n) is 9.16. The summed E-state index contributed by atoms with van der Waals surface area (Å²) in [5.41, 5.74) is 5.51. The van der Waals surface area contributed by atoms with E-state index in [0.717, 1.165) is 0 Å². The van der Waals surface area contributed by atoms with Gasteiger partial charge in [-0.3, -0.25) is 9.59 Å². The maximum absolute atomic E-state index is 11.2. The molecule has 15 heavy (non-hydrogen) atoms. The van der Waals surface area contributed by atoms with Gasteiger partial charge in [-0.15, -0.1) is 0 Å². The van der Waals surface area contributed by atoms with Gasteiger partial charge in [0.15, 0.2) is 0 Å². The maximum atomic E-state index is 11.2. The van der Waals surface area contributed by atoms with Crippen LogP contribution in [0.25, 0.3) is 0 Å². The third kappa shape index (κ3) is 10.8. The predicted molar refractivity (Wildman–Crippen MR) is 57.4 cm³/mol. The molecule has 0 saturated heterocycles. The lowest BCUT2D eigenvalue weighted by atomic mass is 10.2. The molecular formula is C10H20N2O3.